The van der Waals surface area contributed by atoms with Gasteiger partial charge in [0, 0.05) is 7.05 Å². The van der Waals surface area contributed by atoms with Gasteiger partial charge in [0.2, 0.25) is 0 Å². The molecule has 2 aromatic carbocycles. The Balaban J connectivity index is 2.13. The number of para-hydroxylation sites is 1. The number of alkyl halides is 3. The molecule has 2 aromatic rings. The van der Waals surface area contributed by atoms with E-state index in [0.717, 1.165) is 17.0 Å². The third-order valence-electron chi connectivity index (χ3n) is 4.85. The van der Waals surface area contributed by atoms with Crippen molar-refractivity contribution in [3.63, 3.8) is 0 Å². The molecule has 1 heterocycles. The van der Waals surface area contributed by atoms with Crippen LogP contribution in [0.1, 0.15) is 24.1 Å². The molecular weight excluding hydrogens is 432 g/mol. The average Bonchev–Trinajstić information content (AvgIpc) is 2.75. The fourth-order valence-electron chi connectivity index (χ4n) is 3.33. The van der Waals surface area contributed by atoms with Crippen LogP contribution in [0, 0.1) is 5.82 Å². The van der Waals surface area contributed by atoms with Gasteiger partial charge in [-0.1, -0.05) is 30.3 Å². The number of ether oxygens (including phenoxy) is 2. The van der Waals surface area contributed by atoms with Crippen molar-refractivity contribution in [3.05, 3.63) is 76.7 Å². The molecule has 0 saturated heterocycles. The maximum absolute atomic E-state index is 14.0. The van der Waals surface area contributed by atoms with Gasteiger partial charge >= 0.3 is 18.2 Å². The minimum atomic E-state index is -4.73. The molecule has 1 aliphatic heterocycles. The lowest BCUT2D eigenvalue weighted by atomic mass is 9.91. The van der Waals surface area contributed by atoms with Gasteiger partial charge in [-0.25, -0.2) is 14.0 Å². The first-order chi connectivity index (χ1) is 15.1. The van der Waals surface area contributed by atoms with E-state index in [1.807, 2.05) is 0 Å². The molecule has 10 heteroatoms. The molecular formula is C22H20F4N2O4. The summed E-state index contributed by atoms with van der Waals surface area (Å²) in [5, 5.41) is 2.42. The molecule has 0 fully saturated rings. The zero-order chi connectivity index (χ0) is 23.5. The molecule has 3 rings (SSSR count). The summed E-state index contributed by atoms with van der Waals surface area (Å²) < 4.78 is 65.4. The number of rotatable bonds is 6. The normalized spacial score (nSPS) is 16.6. The summed E-state index contributed by atoms with van der Waals surface area (Å²) in [7, 11) is 1.32. The van der Waals surface area contributed by atoms with Crippen molar-refractivity contribution in [3.8, 4) is 5.75 Å². The van der Waals surface area contributed by atoms with E-state index in [-0.39, 0.29) is 29.2 Å². The first kappa shape index (κ1) is 23.1. The van der Waals surface area contributed by atoms with E-state index in [4.69, 9.17) is 9.47 Å². The second-order valence-electron chi connectivity index (χ2n) is 6.83. The number of benzene rings is 2. The van der Waals surface area contributed by atoms with E-state index in [1.54, 1.807) is 0 Å². The summed E-state index contributed by atoms with van der Waals surface area (Å²) >= 11 is 0. The molecule has 6 nitrogen and oxygen atoms in total. The Morgan fingerprint density at radius 2 is 1.78 bits per heavy atom. The molecule has 0 radical (unpaired) electrons. The van der Waals surface area contributed by atoms with Crippen LogP contribution in [0.15, 0.2) is 59.8 Å². The van der Waals surface area contributed by atoms with E-state index < -0.39 is 42.2 Å². The lowest BCUT2D eigenvalue weighted by Crippen LogP contribution is -2.48. The van der Waals surface area contributed by atoms with Crippen molar-refractivity contribution in [1.82, 2.24) is 10.2 Å². The molecule has 0 spiro atoms. The number of halogens is 4. The largest absolute Gasteiger partial charge is 0.484 e. The second-order valence-corrected chi connectivity index (χ2v) is 6.83. The summed E-state index contributed by atoms with van der Waals surface area (Å²) in [6, 6.07) is 7.89. The number of amides is 2. The van der Waals surface area contributed by atoms with Crippen LogP contribution in [0.5, 0.6) is 5.75 Å². The molecule has 1 aliphatic rings. The van der Waals surface area contributed by atoms with Crippen LogP contribution in [0.25, 0.3) is 0 Å². The second kappa shape index (κ2) is 9.29. The average molecular weight is 452 g/mol. The van der Waals surface area contributed by atoms with Crippen molar-refractivity contribution >= 4 is 12.0 Å². The van der Waals surface area contributed by atoms with Gasteiger partial charge in [0.1, 0.15) is 6.61 Å². The standard InChI is InChI=1S/C22H20F4N2O4/c1-3-31-20(29)18-16(12-32-17-11-7-6-10-15(17)23)28(2)21(30)27-19(18)13-8-4-5-9-14(13)22(24,25)26/h4-11,19H,3,12H2,1-2H3,(H,27,30)/t19-/m0/s1. The molecule has 0 saturated carbocycles. The van der Waals surface area contributed by atoms with Gasteiger partial charge in [-0.2, -0.15) is 13.2 Å². The highest BCUT2D eigenvalue weighted by atomic mass is 19.4. The van der Waals surface area contributed by atoms with Crippen LogP contribution >= 0.6 is 0 Å². The number of carbonyl (C=O) groups is 2. The number of carbonyl (C=O) groups excluding carboxylic acids is 2. The summed E-state index contributed by atoms with van der Waals surface area (Å²) in [4.78, 5) is 26.4. The van der Waals surface area contributed by atoms with Gasteiger partial charge in [-0.05, 0) is 30.7 Å². The van der Waals surface area contributed by atoms with Crippen LogP contribution in [0.2, 0.25) is 0 Å². The number of likely N-dealkylation sites (N-methyl/N-ethyl adjacent to an activating group) is 1. The first-order valence-electron chi connectivity index (χ1n) is 9.63. The zero-order valence-corrected chi connectivity index (χ0v) is 17.2. The zero-order valence-electron chi connectivity index (χ0n) is 17.2. The third kappa shape index (κ3) is 4.68. The fourth-order valence-corrected chi connectivity index (χ4v) is 3.33. The van der Waals surface area contributed by atoms with Gasteiger partial charge in [-0.3, -0.25) is 4.90 Å². The Bertz CT molecular complexity index is 1050. The third-order valence-corrected chi connectivity index (χ3v) is 4.85. The predicted molar refractivity (Wildman–Crippen MR) is 106 cm³/mol. The summed E-state index contributed by atoms with van der Waals surface area (Å²) in [5.41, 5.74) is -1.61. The number of nitrogens with one attached hydrogen (secondary N) is 1. The summed E-state index contributed by atoms with van der Waals surface area (Å²) in [6.45, 7) is 1.04. The highest BCUT2D eigenvalue weighted by molar-refractivity contribution is 5.95. The summed E-state index contributed by atoms with van der Waals surface area (Å²) in [5.74, 6) is -1.74. The van der Waals surface area contributed by atoms with Crippen molar-refractivity contribution in [2.75, 3.05) is 20.3 Å². The van der Waals surface area contributed by atoms with E-state index in [1.165, 1.54) is 50.4 Å². The van der Waals surface area contributed by atoms with Crippen LogP contribution in [0.3, 0.4) is 0 Å². The van der Waals surface area contributed by atoms with E-state index >= 15 is 0 Å². The Kier molecular flexibility index (Phi) is 6.71. The number of urea groups is 1. The van der Waals surface area contributed by atoms with Crippen LogP contribution < -0.4 is 10.1 Å². The van der Waals surface area contributed by atoms with Crippen molar-refractivity contribution in [2.24, 2.45) is 0 Å². The number of hydrogen-bond acceptors (Lipinski definition) is 4. The highest BCUT2D eigenvalue weighted by Gasteiger charge is 2.42. The van der Waals surface area contributed by atoms with Crippen LogP contribution in [-0.2, 0) is 15.7 Å². The fraction of sp³-hybridized carbons (Fsp3) is 0.273. The minimum absolute atomic E-state index is 0.0440. The van der Waals surface area contributed by atoms with Gasteiger partial charge in [-0.15, -0.1) is 0 Å². The Hall–Kier alpha value is -3.56. The Labute approximate surface area is 181 Å². The number of nitrogens with zero attached hydrogens (tertiary/aromatic N) is 1. The van der Waals surface area contributed by atoms with Crippen LogP contribution in [0.4, 0.5) is 22.4 Å². The molecule has 32 heavy (non-hydrogen) atoms. The van der Waals surface area contributed by atoms with Gasteiger partial charge in [0.25, 0.3) is 0 Å². The molecule has 1 N–H and O–H groups in total. The van der Waals surface area contributed by atoms with Crippen LogP contribution in [-0.4, -0.2) is 37.2 Å². The monoisotopic (exact) mass is 452 g/mol. The Morgan fingerprint density at radius 1 is 1.12 bits per heavy atom. The molecule has 1 atom stereocenters. The van der Waals surface area contributed by atoms with E-state index in [2.05, 4.69) is 5.32 Å². The molecule has 0 aromatic heterocycles. The van der Waals surface area contributed by atoms with E-state index in [9.17, 15) is 27.2 Å². The van der Waals surface area contributed by atoms with Gasteiger partial charge in [0.05, 0.1) is 29.5 Å². The van der Waals surface area contributed by atoms with Crippen molar-refractivity contribution in [2.45, 2.75) is 19.1 Å². The number of hydrogen-bond donors (Lipinski definition) is 1. The van der Waals surface area contributed by atoms with Gasteiger partial charge < -0.3 is 14.8 Å². The maximum atomic E-state index is 14.0. The first-order valence-corrected chi connectivity index (χ1v) is 9.63. The van der Waals surface area contributed by atoms with Crippen molar-refractivity contribution in [1.29, 1.82) is 0 Å². The SMILES string of the molecule is CCOC(=O)C1=C(COc2ccccc2F)N(C)C(=O)N[C@H]1c1ccccc1C(F)(F)F. The smallest absolute Gasteiger partial charge is 0.416 e. The van der Waals surface area contributed by atoms with Crippen molar-refractivity contribution < 1.29 is 36.6 Å². The molecule has 2 amide bonds. The topological polar surface area (TPSA) is 67.9 Å². The summed E-state index contributed by atoms with van der Waals surface area (Å²) in [6.07, 6.45) is -4.73. The molecule has 170 valence electrons. The quantitative estimate of drug-likeness (QED) is 0.520. The van der Waals surface area contributed by atoms with E-state index in [0.29, 0.717) is 0 Å². The lowest BCUT2D eigenvalue weighted by Gasteiger charge is -2.35. The molecule has 0 unspecified atom stereocenters. The van der Waals surface area contributed by atoms with Gasteiger partial charge in [0.15, 0.2) is 11.6 Å². The molecule has 0 bridgehead atoms. The minimum Gasteiger partial charge on any atom is -0.484 e. The molecule has 0 aliphatic carbocycles. The predicted octanol–water partition coefficient (Wildman–Crippen LogP) is 4.44. The lowest BCUT2D eigenvalue weighted by molar-refractivity contribution is -0.141. The highest BCUT2D eigenvalue weighted by Crippen LogP contribution is 2.39. The maximum Gasteiger partial charge on any atom is 0.416 e. The Morgan fingerprint density at radius 3 is 2.44 bits per heavy atom. The number of esters is 1.